The maximum absolute atomic E-state index is 10.7. The molecule has 1 saturated heterocycles. The molecule has 0 spiro atoms. The summed E-state index contributed by atoms with van der Waals surface area (Å²) in [6.07, 6.45) is 3.90. The number of hydrogen-bond acceptors (Lipinski definition) is 4. The molecular weight excluding hydrogens is 242 g/mol. The van der Waals surface area contributed by atoms with Crippen molar-refractivity contribution in [1.82, 2.24) is 4.90 Å². The van der Waals surface area contributed by atoms with Crippen molar-refractivity contribution in [3.8, 4) is 0 Å². The van der Waals surface area contributed by atoms with E-state index in [-0.39, 0.29) is 10.6 Å². The molecule has 1 aliphatic heterocycles. The van der Waals surface area contributed by atoms with Crippen LogP contribution in [0, 0.1) is 10.1 Å². The van der Waals surface area contributed by atoms with Gasteiger partial charge in [0.25, 0.3) is 5.69 Å². The van der Waals surface area contributed by atoms with Gasteiger partial charge in [-0.3, -0.25) is 10.1 Å². The highest BCUT2D eigenvalue weighted by molar-refractivity contribution is 5.51. The minimum absolute atomic E-state index is 0.134. The average Bonchev–Trinajstić information content (AvgIpc) is 2.40. The van der Waals surface area contributed by atoms with E-state index in [0.717, 1.165) is 12.2 Å². The molecule has 19 heavy (non-hydrogen) atoms. The largest absolute Gasteiger partial charge is 0.381 e. The summed E-state index contributed by atoms with van der Waals surface area (Å²) in [7, 11) is 0. The van der Waals surface area contributed by atoms with Crippen molar-refractivity contribution in [2.24, 2.45) is 0 Å². The Morgan fingerprint density at radius 1 is 1.37 bits per heavy atom. The summed E-state index contributed by atoms with van der Waals surface area (Å²) in [5, 5.41) is 14.1. The average molecular weight is 263 g/mol. The van der Waals surface area contributed by atoms with Gasteiger partial charge in [-0.2, -0.15) is 0 Å². The predicted molar refractivity (Wildman–Crippen MR) is 76.5 cm³/mol. The van der Waals surface area contributed by atoms with E-state index in [1.165, 1.54) is 38.4 Å². The van der Waals surface area contributed by atoms with Crippen LogP contribution in [0.1, 0.15) is 26.2 Å². The topological polar surface area (TPSA) is 58.4 Å². The lowest BCUT2D eigenvalue weighted by molar-refractivity contribution is -0.384. The van der Waals surface area contributed by atoms with Crippen molar-refractivity contribution in [2.45, 2.75) is 32.2 Å². The summed E-state index contributed by atoms with van der Waals surface area (Å²) in [4.78, 5) is 12.8. The van der Waals surface area contributed by atoms with E-state index < -0.39 is 0 Å². The second kappa shape index (κ2) is 6.52. The number of hydrogen-bond donors (Lipinski definition) is 1. The van der Waals surface area contributed by atoms with Gasteiger partial charge in [-0.05, 0) is 38.9 Å². The van der Waals surface area contributed by atoms with Crippen LogP contribution in [-0.2, 0) is 0 Å². The van der Waals surface area contributed by atoms with Crippen molar-refractivity contribution < 1.29 is 4.92 Å². The first-order valence-electron chi connectivity index (χ1n) is 6.88. The first-order chi connectivity index (χ1) is 9.15. The van der Waals surface area contributed by atoms with Crippen molar-refractivity contribution in [1.29, 1.82) is 0 Å². The molecule has 1 N–H and O–H groups in total. The predicted octanol–water partition coefficient (Wildman–Crippen LogP) is 2.88. The van der Waals surface area contributed by atoms with Gasteiger partial charge in [-0.1, -0.05) is 12.5 Å². The third kappa shape index (κ3) is 4.21. The normalized spacial score (nSPS) is 17.9. The van der Waals surface area contributed by atoms with E-state index in [4.69, 9.17) is 0 Å². The molecule has 5 nitrogen and oxygen atoms in total. The molecule has 5 heteroatoms. The van der Waals surface area contributed by atoms with E-state index in [2.05, 4.69) is 17.1 Å². The zero-order valence-electron chi connectivity index (χ0n) is 11.3. The zero-order valence-corrected chi connectivity index (χ0v) is 11.3. The lowest BCUT2D eigenvalue weighted by Crippen LogP contribution is -2.38. The standard InChI is InChI=1S/C14H21N3O2/c1-12(11-16-8-3-2-4-9-16)15-13-6-5-7-14(10-13)17(18)19/h5-7,10,12,15H,2-4,8-9,11H2,1H3. The Morgan fingerprint density at radius 3 is 2.79 bits per heavy atom. The SMILES string of the molecule is CC(CN1CCCCC1)Nc1cccc([N+](=O)[O-])c1. The Kier molecular flexibility index (Phi) is 4.74. The van der Waals surface area contributed by atoms with Crippen molar-refractivity contribution >= 4 is 11.4 Å². The summed E-state index contributed by atoms with van der Waals surface area (Å²) in [6, 6.07) is 6.99. The van der Waals surface area contributed by atoms with Crippen LogP contribution in [-0.4, -0.2) is 35.5 Å². The molecule has 0 aromatic heterocycles. The number of nitrogens with one attached hydrogen (secondary N) is 1. The lowest BCUT2D eigenvalue weighted by atomic mass is 10.1. The third-order valence-electron chi connectivity index (χ3n) is 3.45. The van der Waals surface area contributed by atoms with Crippen LogP contribution in [0.4, 0.5) is 11.4 Å². The number of nitro groups is 1. The van der Waals surface area contributed by atoms with E-state index in [9.17, 15) is 10.1 Å². The first-order valence-corrected chi connectivity index (χ1v) is 6.88. The number of benzene rings is 1. The summed E-state index contributed by atoms with van der Waals surface area (Å²) in [6.45, 7) is 5.44. The lowest BCUT2D eigenvalue weighted by Gasteiger charge is -2.29. The number of rotatable bonds is 5. The van der Waals surface area contributed by atoms with Crippen molar-refractivity contribution in [3.63, 3.8) is 0 Å². The van der Waals surface area contributed by atoms with E-state index in [0.29, 0.717) is 6.04 Å². The summed E-state index contributed by atoms with van der Waals surface area (Å²) < 4.78 is 0. The Morgan fingerprint density at radius 2 is 2.11 bits per heavy atom. The summed E-state index contributed by atoms with van der Waals surface area (Å²) in [5.41, 5.74) is 0.953. The number of nitrogens with zero attached hydrogens (tertiary/aromatic N) is 2. The molecule has 1 aromatic rings. The maximum atomic E-state index is 10.7. The smallest absolute Gasteiger partial charge is 0.271 e. The van der Waals surface area contributed by atoms with Crippen LogP contribution in [0.25, 0.3) is 0 Å². The highest BCUT2D eigenvalue weighted by atomic mass is 16.6. The van der Waals surface area contributed by atoms with Gasteiger partial charge in [-0.15, -0.1) is 0 Å². The number of non-ortho nitro benzene ring substituents is 1. The van der Waals surface area contributed by atoms with Gasteiger partial charge in [0.1, 0.15) is 0 Å². The molecule has 0 amide bonds. The fraction of sp³-hybridized carbons (Fsp3) is 0.571. The highest BCUT2D eigenvalue weighted by Gasteiger charge is 2.14. The van der Waals surface area contributed by atoms with Crippen molar-refractivity contribution in [2.75, 3.05) is 25.0 Å². The quantitative estimate of drug-likeness (QED) is 0.655. The molecule has 1 fully saturated rings. The Labute approximate surface area is 113 Å². The summed E-state index contributed by atoms with van der Waals surface area (Å²) >= 11 is 0. The van der Waals surface area contributed by atoms with Gasteiger partial charge in [0.2, 0.25) is 0 Å². The number of anilines is 1. The van der Waals surface area contributed by atoms with Gasteiger partial charge in [0, 0.05) is 30.4 Å². The van der Waals surface area contributed by atoms with E-state index >= 15 is 0 Å². The first kappa shape index (κ1) is 13.8. The Hall–Kier alpha value is -1.62. The maximum Gasteiger partial charge on any atom is 0.271 e. The monoisotopic (exact) mass is 263 g/mol. The number of likely N-dealkylation sites (tertiary alicyclic amines) is 1. The fourth-order valence-electron chi connectivity index (χ4n) is 2.57. The van der Waals surface area contributed by atoms with Crippen LogP contribution in [0.2, 0.25) is 0 Å². The minimum Gasteiger partial charge on any atom is -0.381 e. The molecule has 1 atom stereocenters. The molecule has 1 aliphatic rings. The van der Waals surface area contributed by atoms with Gasteiger partial charge in [0.15, 0.2) is 0 Å². The summed E-state index contributed by atoms with van der Waals surface area (Å²) in [5.74, 6) is 0. The number of nitro benzene ring substituents is 1. The van der Waals surface area contributed by atoms with Crippen LogP contribution in [0.15, 0.2) is 24.3 Å². The van der Waals surface area contributed by atoms with Gasteiger partial charge in [0.05, 0.1) is 4.92 Å². The van der Waals surface area contributed by atoms with Gasteiger partial charge >= 0.3 is 0 Å². The molecule has 1 heterocycles. The molecule has 0 bridgehead atoms. The Bertz CT molecular complexity index is 430. The van der Waals surface area contributed by atoms with Crippen molar-refractivity contribution in [3.05, 3.63) is 34.4 Å². The van der Waals surface area contributed by atoms with Crippen LogP contribution in [0.3, 0.4) is 0 Å². The third-order valence-corrected chi connectivity index (χ3v) is 3.45. The minimum atomic E-state index is -0.361. The van der Waals surface area contributed by atoms with E-state index in [1.807, 2.05) is 6.07 Å². The molecule has 2 rings (SSSR count). The molecule has 1 aromatic carbocycles. The Balaban J connectivity index is 1.88. The second-order valence-electron chi connectivity index (χ2n) is 5.21. The van der Waals surface area contributed by atoms with Crippen LogP contribution in [0.5, 0.6) is 0 Å². The van der Waals surface area contributed by atoms with Gasteiger partial charge in [-0.25, -0.2) is 0 Å². The molecule has 0 saturated carbocycles. The van der Waals surface area contributed by atoms with Gasteiger partial charge < -0.3 is 10.2 Å². The molecular formula is C14H21N3O2. The second-order valence-corrected chi connectivity index (χ2v) is 5.21. The van der Waals surface area contributed by atoms with Crippen LogP contribution >= 0.6 is 0 Å². The number of piperidine rings is 1. The molecule has 1 unspecified atom stereocenters. The zero-order chi connectivity index (χ0) is 13.7. The van der Waals surface area contributed by atoms with E-state index in [1.54, 1.807) is 12.1 Å². The molecule has 0 aliphatic carbocycles. The highest BCUT2D eigenvalue weighted by Crippen LogP contribution is 2.18. The molecule has 0 radical (unpaired) electrons. The molecule has 104 valence electrons. The van der Waals surface area contributed by atoms with Crippen LogP contribution < -0.4 is 5.32 Å². The fourth-order valence-corrected chi connectivity index (χ4v) is 2.57.